The van der Waals surface area contributed by atoms with Crippen molar-refractivity contribution in [3.8, 4) is 10.7 Å². The lowest BCUT2D eigenvalue weighted by Gasteiger charge is -2.55. The summed E-state index contributed by atoms with van der Waals surface area (Å²) >= 11 is 8.22. The number of imide groups is 2. The molecule has 1 spiro atoms. The fourth-order valence-electron chi connectivity index (χ4n) is 5.24. The third-order valence-electron chi connectivity index (χ3n) is 6.41. The normalized spacial score (nSPS) is 26.2. The van der Waals surface area contributed by atoms with Gasteiger partial charge >= 0.3 is 6.03 Å². The molecule has 2 N–H and O–H groups in total. The number of barbiturate groups is 1. The highest BCUT2D eigenvalue weighted by Crippen LogP contribution is 2.50. The highest BCUT2D eigenvalue weighted by molar-refractivity contribution is 7.13. The first-order valence-corrected chi connectivity index (χ1v) is 11.5. The van der Waals surface area contributed by atoms with Gasteiger partial charge in [0.05, 0.1) is 29.6 Å². The molecule has 4 amide bonds. The number of halogens is 1. The first-order valence-electron chi connectivity index (χ1n) is 10.3. The number of pyridine rings is 1. The standard InChI is InChI=1S/C20H17ClN6O5S.H2/c1-7-6-27-13-9(23-11-12(16-22-3-4-33-16)26-32-14(11)10(13)21)5-20(15(27)8(2)31-7)17(28)24-19(30)25-18(20)29;/h3-4,7-8,15H,5-6H2,1-2H3,(H2,24,25,28,29,30);1H/t7-,8+,15-;/m0./s1. The largest absolute Gasteiger partial charge is 0.372 e. The molecule has 3 aliphatic rings. The van der Waals surface area contributed by atoms with E-state index in [1.165, 1.54) is 11.3 Å². The molecule has 3 aromatic rings. The Hall–Kier alpha value is -3.09. The van der Waals surface area contributed by atoms with E-state index in [9.17, 15) is 14.4 Å². The first-order chi connectivity index (χ1) is 15.8. The predicted molar refractivity (Wildman–Crippen MR) is 119 cm³/mol. The number of carbonyl (C=O) groups is 3. The molecule has 2 fully saturated rings. The summed E-state index contributed by atoms with van der Waals surface area (Å²) in [6, 6.07) is -1.57. The Bertz CT molecular complexity index is 1330. The number of carbonyl (C=O) groups excluding carboxylic acids is 3. The lowest BCUT2D eigenvalue weighted by molar-refractivity contribution is -0.153. The zero-order valence-corrected chi connectivity index (χ0v) is 19.0. The van der Waals surface area contributed by atoms with Crippen molar-refractivity contribution < 1.29 is 25.1 Å². The average Bonchev–Trinajstić information content (AvgIpc) is 3.41. The van der Waals surface area contributed by atoms with Crippen molar-refractivity contribution in [2.75, 3.05) is 11.4 Å². The monoisotopic (exact) mass is 490 g/mol. The van der Waals surface area contributed by atoms with Crippen LogP contribution in [0, 0.1) is 5.41 Å². The van der Waals surface area contributed by atoms with Gasteiger partial charge < -0.3 is 14.2 Å². The number of amides is 4. The predicted octanol–water partition coefficient (Wildman–Crippen LogP) is 2.14. The lowest BCUT2D eigenvalue weighted by Crippen LogP contribution is -2.75. The summed E-state index contributed by atoms with van der Waals surface area (Å²) in [6.45, 7) is 4.05. The third kappa shape index (κ3) is 2.71. The lowest BCUT2D eigenvalue weighted by atomic mass is 9.67. The molecule has 3 atom stereocenters. The highest BCUT2D eigenvalue weighted by Gasteiger charge is 2.63. The second-order valence-electron chi connectivity index (χ2n) is 8.40. The van der Waals surface area contributed by atoms with Gasteiger partial charge in [0.1, 0.15) is 15.5 Å². The van der Waals surface area contributed by atoms with Crippen LogP contribution in [0.5, 0.6) is 0 Å². The number of morpholine rings is 1. The van der Waals surface area contributed by atoms with Crippen LogP contribution in [0.2, 0.25) is 5.02 Å². The van der Waals surface area contributed by atoms with E-state index in [0.29, 0.717) is 44.7 Å². The van der Waals surface area contributed by atoms with Crippen molar-refractivity contribution in [1.82, 2.24) is 25.8 Å². The molecular weight excluding hydrogens is 472 g/mol. The average molecular weight is 491 g/mol. The molecule has 0 aromatic carbocycles. The summed E-state index contributed by atoms with van der Waals surface area (Å²) in [5, 5.41) is 11.3. The Balaban J connectivity index is 0.00000241. The number of ether oxygens (including phenoxy) is 1. The molecule has 2 saturated heterocycles. The Morgan fingerprint density at radius 2 is 2.03 bits per heavy atom. The number of fused-ring (bicyclic) bond motifs is 5. The molecule has 0 unspecified atom stereocenters. The molecule has 11 nitrogen and oxygen atoms in total. The molecule has 3 aromatic heterocycles. The summed E-state index contributed by atoms with van der Waals surface area (Å²) in [7, 11) is 0. The molecule has 33 heavy (non-hydrogen) atoms. The van der Waals surface area contributed by atoms with E-state index in [-0.39, 0.29) is 14.0 Å². The number of hydrogen-bond donors (Lipinski definition) is 2. The quantitative estimate of drug-likeness (QED) is 0.491. The maximum atomic E-state index is 13.3. The van der Waals surface area contributed by atoms with Crippen LogP contribution >= 0.6 is 22.9 Å². The van der Waals surface area contributed by atoms with E-state index in [2.05, 4.69) is 20.8 Å². The van der Waals surface area contributed by atoms with E-state index in [0.717, 1.165) is 0 Å². The van der Waals surface area contributed by atoms with Crippen molar-refractivity contribution in [3.63, 3.8) is 0 Å². The summed E-state index contributed by atoms with van der Waals surface area (Å²) in [6.07, 6.45) is 0.848. The maximum absolute atomic E-state index is 13.3. The Kier molecular flexibility index (Phi) is 4.32. The Morgan fingerprint density at radius 3 is 2.73 bits per heavy atom. The van der Waals surface area contributed by atoms with Crippen LogP contribution < -0.4 is 15.5 Å². The van der Waals surface area contributed by atoms with Gasteiger partial charge in [-0.2, -0.15) is 0 Å². The van der Waals surface area contributed by atoms with Crippen LogP contribution in [-0.4, -0.2) is 57.8 Å². The minimum absolute atomic E-state index is 0. The Labute approximate surface area is 196 Å². The fraction of sp³-hybridized carbons (Fsp3) is 0.400. The number of aromatic nitrogens is 3. The molecular formula is C20H19ClN6O5S. The first kappa shape index (κ1) is 20.5. The summed E-state index contributed by atoms with van der Waals surface area (Å²) in [5.74, 6) is -1.38. The van der Waals surface area contributed by atoms with E-state index in [1.54, 1.807) is 18.5 Å². The molecule has 6 heterocycles. The molecule has 0 saturated carbocycles. The number of hydrogen-bond acceptors (Lipinski definition) is 10. The second-order valence-corrected chi connectivity index (χ2v) is 9.67. The van der Waals surface area contributed by atoms with E-state index >= 15 is 0 Å². The van der Waals surface area contributed by atoms with Crippen LogP contribution in [0.1, 0.15) is 21.0 Å². The second kappa shape index (κ2) is 6.95. The maximum Gasteiger partial charge on any atom is 0.328 e. The van der Waals surface area contributed by atoms with Crippen LogP contribution in [0.3, 0.4) is 0 Å². The number of thiazole rings is 1. The number of urea groups is 1. The smallest absolute Gasteiger partial charge is 0.328 e. The van der Waals surface area contributed by atoms with Gasteiger partial charge in [0.15, 0.2) is 11.1 Å². The molecule has 0 aliphatic carbocycles. The van der Waals surface area contributed by atoms with E-state index < -0.39 is 35.4 Å². The summed E-state index contributed by atoms with van der Waals surface area (Å²) in [4.78, 5) is 49.3. The minimum Gasteiger partial charge on any atom is -0.372 e. The van der Waals surface area contributed by atoms with Gasteiger partial charge in [-0.15, -0.1) is 11.3 Å². The zero-order valence-electron chi connectivity index (χ0n) is 17.4. The third-order valence-corrected chi connectivity index (χ3v) is 7.54. The van der Waals surface area contributed by atoms with Gasteiger partial charge in [-0.3, -0.25) is 20.2 Å². The van der Waals surface area contributed by atoms with Gasteiger partial charge in [0.2, 0.25) is 17.4 Å². The number of nitrogens with zero attached hydrogens (tertiary/aromatic N) is 4. The van der Waals surface area contributed by atoms with Crippen LogP contribution in [-0.2, 0) is 20.7 Å². The number of anilines is 1. The number of rotatable bonds is 1. The van der Waals surface area contributed by atoms with Crippen molar-refractivity contribution in [3.05, 3.63) is 22.3 Å². The number of nitrogens with one attached hydrogen (secondary N) is 2. The zero-order chi connectivity index (χ0) is 23.1. The molecule has 172 valence electrons. The van der Waals surface area contributed by atoms with E-state index in [1.807, 2.05) is 11.8 Å². The van der Waals surface area contributed by atoms with Crippen LogP contribution in [0.25, 0.3) is 21.8 Å². The van der Waals surface area contributed by atoms with Gasteiger partial charge in [0, 0.05) is 26.0 Å². The minimum atomic E-state index is -1.64. The van der Waals surface area contributed by atoms with Crippen molar-refractivity contribution in [2.45, 2.75) is 38.5 Å². The molecule has 13 heteroatoms. The fourth-order valence-corrected chi connectivity index (χ4v) is 6.20. The molecule has 0 radical (unpaired) electrons. The van der Waals surface area contributed by atoms with Crippen LogP contribution in [0.4, 0.5) is 10.5 Å². The van der Waals surface area contributed by atoms with Crippen molar-refractivity contribution >= 4 is 57.6 Å². The van der Waals surface area contributed by atoms with Gasteiger partial charge in [-0.1, -0.05) is 16.8 Å². The topological polar surface area (TPSA) is 140 Å². The van der Waals surface area contributed by atoms with Gasteiger partial charge in [-0.25, -0.2) is 14.8 Å². The van der Waals surface area contributed by atoms with Crippen LogP contribution in [0.15, 0.2) is 16.1 Å². The highest BCUT2D eigenvalue weighted by atomic mass is 35.5. The SMILES string of the molecule is C[C@H]1CN2c3c(nc4c(-c5nccs5)noc4c3Cl)CC3(C(=O)NC(=O)NC3=O)[C@@H]2[C@@H](C)O1.[HH]. The summed E-state index contributed by atoms with van der Waals surface area (Å²) < 4.78 is 11.6. The van der Waals surface area contributed by atoms with Gasteiger partial charge in [-0.05, 0) is 13.8 Å². The Morgan fingerprint density at radius 1 is 1.27 bits per heavy atom. The van der Waals surface area contributed by atoms with Crippen molar-refractivity contribution in [2.24, 2.45) is 5.41 Å². The van der Waals surface area contributed by atoms with E-state index in [4.69, 9.17) is 25.8 Å². The molecule has 3 aliphatic heterocycles. The van der Waals surface area contributed by atoms with Crippen molar-refractivity contribution in [1.29, 1.82) is 0 Å². The molecule has 0 bridgehead atoms. The van der Waals surface area contributed by atoms with Gasteiger partial charge in [0.25, 0.3) is 0 Å². The molecule has 6 rings (SSSR count). The summed E-state index contributed by atoms with van der Waals surface area (Å²) in [5.41, 5.74) is 0.492.